The molecule has 0 atom stereocenters. The molecule has 5 nitrogen and oxygen atoms in total. The molecule has 7 heteroatoms. The predicted octanol–water partition coefficient (Wildman–Crippen LogP) is 2.86. The number of halogens is 1. The smallest absolute Gasteiger partial charge is 0.243 e. The molecule has 1 saturated heterocycles. The van der Waals surface area contributed by atoms with E-state index in [0.29, 0.717) is 31.1 Å². The van der Waals surface area contributed by atoms with Crippen LogP contribution in [0.25, 0.3) is 0 Å². The van der Waals surface area contributed by atoms with Crippen LogP contribution >= 0.6 is 15.9 Å². The van der Waals surface area contributed by atoms with Gasteiger partial charge in [-0.1, -0.05) is 15.9 Å². The second-order valence-corrected chi connectivity index (χ2v) is 8.46. The zero-order valence-corrected chi connectivity index (χ0v) is 15.3. The molecule has 0 aliphatic carbocycles. The van der Waals surface area contributed by atoms with Gasteiger partial charge in [-0.3, -0.25) is 4.90 Å². The van der Waals surface area contributed by atoms with Crippen LogP contribution in [0.1, 0.15) is 11.3 Å². The summed E-state index contributed by atoms with van der Waals surface area (Å²) in [6.07, 6.45) is 1.66. The van der Waals surface area contributed by atoms with Gasteiger partial charge in [-0.25, -0.2) is 8.42 Å². The fraction of sp³-hybridized carbons (Fsp3) is 0.375. The Kier molecular flexibility index (Phi) is 4.91. The minimum atomic E-state index is -3.42. The van der Waals surface area contributed by atoms with E-state index >= 15 is 0 Å². The van der Waals surface area contributed by atoms with Crippen molar-refractivity contribution < 1.29 is 12.8 Å². The molecule has 1 aromatic carbocycles. The molecular weight excluding hydrogens is 380 g/mol. The van der Waals surface area contributed by atoms with E-state index in [1.807, 2.05) is 19.1 Å². The largest absolute Gasteiger partial charge is 0.468 e. The summed E-state index contributed by atoms with van der Waals surface area (Å²) >= 11 is 3.40. The van der Waals surface area contributed by atoms with E-state index in [0.717, 1.165) is 22.3 Å². The number of piperazine rings is 1. The second-order valence-electron chi connectivity index (χ2n) is 5.67. The fourth-order valence-corrected chi connectivity index (χ4v) is 4.43. The molecule has 1 aliphatic heterocycles. The van der Waals surface area contributed by atoms with Crippen molar-refractivity contribution >= 4 is 26.0 Å². The highest BCUT2D eigenvalue weighted by Crippen LogP contribution is 2.23. The Morgan fingerprint density at radius 3 is 2.52 bits per heavy atom. The van der Waals surface area contributed by atoms with Gasteiger partial charge in [-0.05, 0) is 42.8 Å². The van der Waals surface area contributed by atoms with E-state index in [2.05, 4.69) is 20.8 Å². The molecule has 0 unspecified atom stereocenters. The van der Waals surface area contributed by atoms with Crippen molar-refractivity contribution in [2.24, 2.45) is 0 Å². The van der Waals surface area contributed by atoms with E-state index in [1.54, 1.807) is 28.8 Å². The summed E-state index contributed by atoms with van der Waals surface area (Å²) in [5.74, 6) is 0.907. The van der Waals surface area contributed by atoms with Crippen LogP contribution in [0.15, 0.2) is 50.4 Å². The Bertz CT molecular complexity index is 767. The highest BCUT2D eigenvalue weighted by molar-refractivity contribution is 9.10. The minimum absolute atomic E-state index is 0.359. The number of furan rings is 1. The molecule has 3 rings (SSSR count). The fourth-order valence-electron chi connectivity index (χ4n) is 2.68. The zero-order chi connectivity index (χ0) is 16.4. The van der Waals surface area contributed by atoms with Gasteiger partial charge in [0.1, 0.15) is 5.76 Å². The molecule has 1 fully saturated rings. The number of hydrogen-bond donors (Lipinski definition) is 0. The zero-order valence-electron chi connectivity index (χ0n) is 12.9. The third kappa shape index (κ3) is 3.68. The molecule has 0 spiro atoms. The Hall–Kier alpha value is -1.15. The Morgan fingerprint density at radius 1 is 1.17 bits per heavy atom. The normalized spacial score (nSPS) is 17.5. The van der Waals surface area contributed by atoms with Crippen molar-refractivity contribution in [2.75, 3.05) is 26.2 Å². The van der Waals surface area contributed by atoms with E-state index in [4.69, 9.17) is 4.42 Å². The summed E-state index contributed by atoms with van der Waals surface area (Å²) in [5.41, 5.74) is 0.919. The van der Waals surface area contributed by atoms with E-state index in [-0.39, 0.29) is 0 Å². The molecule has 2 aromatic rings. The predicted molar refractivity (Wildman–Crippen MR) is 91.6 cm³/mol. The number of rotatable bonds is 4. The van der Waals surface area contributed by atoms with Gasteiger partial charge in [0, 0.05) is 30.7 Å². The Labute approximate surface area is 145 Å². The average molecular weight is 399 g/mol. The third-order valence-electron chi connectivity index (χ3n) is 4.06. The van der Waals surface area contributed by atoms with Crippen LogP contribution in [0.3, 0.4) is 0 Å². The maximum absolute atomic E-state index is 12.7. The van der Waals surface area contributed by atoms with Crippen molar-refractivity contribution in [1.82, 2.24) is 9.21 Å². The highest BCUT2D eigenvalue weighted by atomic mass is 79.9. The number of nitrogens with zero attached hydrogens (tertiary/aromatic N) is 2. The maximum atomic E-state index is 12.7. The van der Waals surface area contributed by atoms with E-state index in [9.17, 15) is 8.42 Å². The third-order valence-corrected chi connectivity index (χ3v) is 6.84. The molecule has 23 heavy (non-hydrogen) atoms. The lowest BCUT2D eigenvalue weighted by molar-refractivity contribution is 0.171. The molecule has 2 heterocycles. The average Bonchev–Trinajstić information content (AvgIpc) is 3.03. The van der Waals surface area contributed by atoms with Gasteiger partial charge in [0.05, 0.1) is 17.7 Å². The molecule has 1 aromatic heterocycles. The van der Waals surface area contributed by atoms with Gasteiger partial charge in [0.15, 0.2) is 0 Å². The Morgan fingerprint density at radius 2 is 1.91 bits per heavy atom. The summed E-state index contributed by atoms with van der Waals surface area (Å²) in [7, 11) is -3.42. The molecule has 0 saturated carbocycles. The molecule has 0 amide bonds. The lowest BCUT2D eigenvalue weighted by Gasteiger charge is -2.33. The first-order valence-corrected chi connectivity index (χ1v) is 9.71. The quantitative estimate of drug-likeness (QED) is 0.794. The van der Waals surface area contributed by atoms with Crippen molar-refractivity contribution in [3.63, 3.8) is 0 Å². The monoisotopic (exact) mass is 398 g/mol. The summed E-state index contributed by atoms with van der Waals surface area (Å²) in [6, 6.07) is 8.96. The van der Waals surface area contributed by atoms with Gasteiger partial charge < -0.3 is 4.42 Å². The molecule has 0 bridgehead atoms. The summed E-state index contributed by atoms with van der Waals surface area (Å²) in [6.45, 7) is 5.02. The minimum Gasteiger partial charge on any atom is -0.468 e. The topological polar surface area (TPSA) is 53.8 Å². The van der Waals surface area contributed by atoms with Gasteiger partial charge in [-0.15, -0.1) is 0 Å². The standard InChI is InChI=1S/C16H19BrN2O3S/c1-13-11-15(4-5-16(13)17)23(20,21)19-8-6-18(7-9-19)12-14-3-2-10-22-14/h2-5,10-11H,6-9,12H2,1H3. The van der Waals surface area contributed by atoms with Crippen LogP contribution < -0.4 is 0 Å². The number of sulfonamides is 1. The lowest BCUT2D eigenvalue weighted by Crippen LogP contribution is -2.48. The number of hydrogen-bond acceptors (Lipinski definition) is 4. The van der Waals surface area contributed by atoms with Gasteiger partial charge >= 0.3 is 0 Å². The van der Waals surface area contributed by atoms with Crippen molar-refractivity contribution in [2.45, 2.75) is 18.4 Å². The van der Waals surface area contributed by atoms with Crippen molar-refractivity contribution in [3.8, 4) is 0 Å². The van der Waals surface area contributed by atoms with E-state index in [1.165, 1.54) is 0 Å². The molecule has 0 radical (unpaired) electrons. The van der Waals surface area contributed by atoms with Crippen LogP contribution in [0.5, 0.6) is 0 Å². The van der Waals surface area contributed by atoms with Crippen molar-refractivity contribution in [1.29, 1.82) is 0 Å². The summed E-state index contributed by atoms with van der Waals surface area (Å²) in [4.78, 5) is 2.57. The van der Waals surface area contributed by atoms with Crippen molar-refractivity contribution in [3.05, 3.63) is 52.4 Å². The van der Waals surface area contributed by atoms with Crippen LogP contribution in [0, 0.1) is 6.92 Å². The first-order chi connectivity index (χ1) is 11.0. The highest BCUT2D eigenvalue weighted by Gasteiger charge is 2.28. The molecule has 0 N–H and O–H groups in total. The molecular formula is C16H19BrN2O3S. The Balaban J connectivity index is 1.67. The van der Waals surface area contributed by atoms with Crippen LogP contribution in [0.4, 0.5) is 0 Å². The summed E-state index contributed by atoms with van der Waals surface area (Å²) in [5, 5.41) is 0. The summed E-state index contributed by atoms with van der Waals surface area (Å²) < 4.78 is 33.3. The number of aryl methyl sites for hydroxylation is 1. The SMILES string of the molecule is Cc1cc(S(=O)(=O)N2CCN(Cc3ccco3)CC2)ccc1Br. The molecule has 1 aliphatic rings. The number of benzene rings is 1. The van der Waals surface area contributed by atoms with E-state index < -0.39 is 10.0 Å². The molecule has 124 valence electrons. The van der Waals surface area contributed by atoms with Crippen LogP contribution in [0.2, 0.25) is 0 Å². The van der Waals surface area contributed by atoms with Gasteiger partial charge in [0.2, 0.25) is 10.0 Å². The van der Waals surface area contributed by atoms with Crippen LogP contribution in [-0.2, 0) is 16.6 Å². The lowest BCUT2D eigenvalue weighted by atomic mass is 10.2. The van der Waals surface area contributed by atoms with Gasteiger partial charge in [0.25, 0.3) is 0 Å². The maximum Gasteiger partial charge on any atom is 0.243 e. The second kappa shape index (κ2) is 6.76. The van der Waals surface area contributed by atoms with Crippen LogP contribution in [-0.4, -0.2) is 43.8 Å². The van der Waals surface area contributed by atoms with Gasteiger partial charge in [-0.2, -0.15) is 4.31 Å². The first-order valence-electron chi connectivity index (χ1n) is 7.48. The first kappa shape index (κ1) is 16.7.